The molecule has 1 aliphatic rings. The maximum Gasteiger partial charge on any atom is 0.270 e. The van der Waals surface area contributed by atoms with Crippen LogP contribution in [0.1, 0.15) is 16.9 Å². The van der Waals surface area contributed by atoms with Crippen LogP contribution in [0.15, 0.2) is 18.3 Å². The van der Waals surface area contributed by atoms with Crippen LogP contribution in [0.2, 0.25) is 5.02 Å². The predicted octanol–water partition coefficient (Wildman–Crippen LogP) is 1.27. The Morgan fingerprint density at radius 3 is 3.17 bits per heavy atom. The van der Waals surface area contributed by atoms with Gasteiger partial charge >= 0.3 is 0 Å². The molecule has 1 aromatic rings. The number of rotatable bonds is 4. The van der Waals surface area contributed by atoms with Crippen molar-refractivity contribution in [2.24, 2.45) is 0 Å². The van der Waals surface area contributed by atoms with Gasteiger partial charge in [-0.25, -0.2) is 0 Å². The zero-order valence-corrected chi connectivity index (χ0v) is 10.9. The average Bonchev–Trinajstić information content (AvgIpc) is 2.85. The molecule has 1 unspecified atom stereocenters. The normalized spacial score (nSPS) is 23.0. The number of carbonyl (C=O) groups is 1. The first-order valence-corrected chi connectivity index (χ1v) is 6.06. The highest BCUT2D eigenvalue weighted by atomic mass is 35.5. The average molecular weight is 271 g/mol. The number of ether oxygens (including phenoxy) is 2. The molecule has 0 radical (unpaired) electrons. The number of methoxy groups -OCH3 is 1. The largest absolute Gasteiger partial charge is 0.378 e. The molecule has 5 nitrogen and oxygen atoms in total. The summed E-state index contributed by atoms with van der Waals surface area (Å²) >= 11 is 5.81. The minimum absolute atomic E-state index is 0.263. The van der Waals surface area contributed by atoms with Crippen LogP contribution in [0.5, 0.6) is 0 Å². The Bertz CT molecular complexity index is 433. The molecule has 1 aromatic heterocycles. The molecule has 1 fully saturated rings. The first-order chi connectivity index (χ1) is 8.65. The Morgan fingerprint density at radius 1 is 1.72 bits per heavy atom. The van der Waals surface area contributed by atoms with Crippen molar-refractivity contribution in [3.63, 3.8) is 0 Å². The van der Waals surface area contributed by atoms with E-state index >= 15 is 0 Å². The Labute approximate surface area is 110 Å². The lowest BCUT2D eigenvalue weighted by Crippen LogP contribution is -2.45. The van der Waals surface area contributed by atoms with Crippen molar-refractivity contribution in [3.05, 3.63) is 29.0 Å². The molecule has 2 heterocycles. The van der Waals surface area contributed by atoms with Crippen LogP contribution in [0.25, 0.3) is 0 Å². The van der Waals surface area contributed by atoms with Crippen molar-refractivity contribution < 1.29 is 14.3 Å². The molecule has 0 spiro atoms. The van der Waals surface area contributed by atoms with Gasteiger partial charge in [-0.2, -0.15) is 0 Å². The van der Waals surface area contributed by atoms with Crippen LogP contribution >= 0.6 is 11.6 Å². The number of pyridine rings is 1. The third-order valence-electron chi connectivity index (χ3n) is 3.03. The summed E-state index contributed by atoms with van der Waals surface area (Å²) in [4.78, 5) is 15.8. The maximum absolute atomic E-state index is 11.9. The van der Waals surface area contributed by atoms with Crippen molar-refractivity contribution in [1.82, 2.24) is 10.3 Å². The molecule has 1 aliphatic heterocycles. The smallest absolute Gasteiger partial charge is 0.270 e. The molecule has 0 aromatic carbocycles. The second kappa shape index (κ2) is 5.65. The van der Waals surface area contributed by atoms with Crippen LogP contribution in [-0.2, 0) is 9.47 Å². The first-order valence-electron chi connectivity index (χ1n) is 5.68. The van der Waals surface area contributed by atoms with Gasteiger partial charge in [0.25, 0.3) is 5.91 Å². The lowest BCUT2D eigenvalue weighted by Gasteiger charge is -2.25. The lowest BCUT2D eigenvalue weighted by molar-refractivity contribution is -0.0149. The van der Waals surface area contributed by atoms with Gasteiger partial charge in [0.1, 0.15) is 11.3 Å². The fourth-order valence-electron chi connectivity index (χ4n) is 1.82. The molecule has 1 N–H and O–H groups in total. The Balaban J connectivity index is 1.96. The Hall–Kier alpha value is -1.17. The summed E-state index contributed by atoms with van der Waals surface area (Å²) in [6.07, 6.45) is 2.27. The van der Waals surface area contributed by atoms with Gasteiger partial charge in [-0.1, -0.05) is 11.6 Å². The summed E-state index contributed by atoms with van der Waals surface area (Å²) in [5.41, 5.74) is -0.124. The highest BCUT2D eigenvalue weighted by molar-refractivity contribution is 6.30. The van der Waals surface area contributed by atoms with E-state index in [4.69, 9.17) is 21.1 Å². The molecule has 98 valence electrons. The minimum atomic E-state index is -0.422. The monoisotopic (exact) mass is 270 g/mol. The lowest BCUT2D eigenvalue weighted by atomic mass is 10.0. The topological polar surface area (TPSA) is 60.5 Å². The van der Waals surface area contributed by atoms with Crippen LogP contribution in [-0.4, -0.2) is 43.4 Å². The maximum atomic E-state index is 11.9. The van der Waals surface area contributed by atoms with Crippen molar-refractivity contribution >= 4 is 17.5 Å². The second-order valence-electron chi connectivity index (χ2n) is 4.23. The van der Waals surface area contributed by atoms with Crippen molar-refractivity contribution in [2.75, 3.05) is 26.9 Å². The molecule has 0 bridgehead atoms. The summed E-state index contributed by atoms with van der Waals surface area (Å²) in [6, 6.07) is 3.15. The van der Waals surface area contributed by atoms with E-state index < -0.39 is 5.60 Å². The number of halogens is 1. The van der Waals surface area contributed by atoms with Crippen LogP contribution < -0.4 is 5.32 Å². The zero-order valence-electron chi connectivity index (χ0n) is 10.1. The molecule has 18 heavy (non-hydrogen) atoms. The summed E-state index contributed by atoms with van der Waals surface area (Å²) in [5, 5.41) is 3.28. The van der Waals surface area contributed by atoms with Gasteiger partial charge in [0.15, 0.2) is 0 Å². The van der Waals surface area contributed by atoms with E-state index in [0.29, 0.717) is 30.5 Å². The molecular weight excluding hydrogens is 256 g/mol. The van der Waals surface area contributed by atoms with Crippen molar-refractivity contribution in [1.29, 1.82) is 0 Å². The molecule has 1 amide bonds. The number of aromatic nitrogens is 1. The van der Waals surface area contributed by atoms with Gasteiger partial charge < -0.3 is 14.8 Å². The molecule has 1 saturated heterocycles. The van der Waals surface area contributed by atoms with Gasteiger partial charge in [-0.05, 0) is 12.1 Å². The van der Waals surface area contributed by atoms with Gasteiger partial charge in [0.05, 0.1) is 6.61 Å². The fraction of sp³-hybridized carbons (Fsp3) is 0.500. The van der Waals surface area contributed by atoms with Gasteiger partial charge in [-0.15, -0.1) is 0 Å². The van der Waals surface area contributed by atoms with E-state index in [1.54, 1.807) is 13.2 Å². The quantitative estimate of drug-likeness (QED) is 0.895. The van der Waals surface area contributed by atoms with Crippen LogP contribution in [0, 0.1) is 0 Å². The summed E-state index contributed by atoms with van der Waals surface area (Å²) in [6.45, 7) is 1.54. The van der Waals surface area contributed by atoms with E-state index in [0.717, 1.165) is 6.42 Å². The SMILES string of the molecule is COC1(CNC(=O)c2cc(Cl)ccn2)CCOC1. The van der Waals surface area contributed by atoms with Crippen LogP contribution in [0.3, 0.4) is 0 Å². The predicted molar refractivity (Wildman–Crippen MR) is 66.8 cm³/mol. The number of hydrogen-bond acceptors (Lipinski definition) is 4. The highest BCUT2D eigenvalue weighted by Gasteiger charge is 2.35. The van der Waals surface area contributed by atoms with Gasteiger partial charge in [-0.3, -0.25) is 9.78 Å². The molecule has 1 atom stereocenters. The summed E-state index contributed by atoms with van der Waals surface area (Å²) in [7, 11) is 1.62. The van der Waals surface area contributed by atoms with Crippen molar-refractivity contribution in [3.8, 4) is 0 Å². The van der Waals surface area contributed by atoms with Gasteiger partial charge in [0, 0.05) is 37.9 Å². The Kier molecular flexibility index (Phi) is 4.16. The molecular formula is C12H15ClN2O3. The summed E-state index contributed by atoms with van der Waals surface area (Å²) < 4.78 is 10.7. The van der Waals surface area contributed by atoms with E-state index in [1.165, 1.54) is 12.3 Å². The minimum Gasteiger partial charge on any atom is -0.378 e. The second-order valence-corrected chi connectivity index (χ2v) is 4.67. The highest BCUT2D eigenvalue weighted by Crippen LogP contribution is 2.21. The van der Waals surface area contributed by atoms with E-state index in [1.807, 2.05) is 0 Å². The number of carbonyl (C=O) groups excluding carboxylic acids is 1. The van der Waals surface area contributed by atoms with E-state index in [-0.39, 0.29) is 5.91 Å². The third-order valence-corrected chi connectivity index (χ3v) is 3.26. The van der Waals surface area contributed by atoms with Gasteiger partial charge in [0.2, 0.25) is 0 Å². The fourth-order valence-corrected chi connectivity index (χ4v) is 1.98. The van der Waals surface area contributed by atoms with E-state index in [2.05, 4.69) is 10.3 Å². The first kappa shape index (κ1) is 13.3. The number of nitrogens with one attached hydrogen (secondary N) is 1. The summed E-state index contributed by atoms with van der Waals surface area (Å²) in [5.74, 6) is -0.263. The molecule has 6 heteroatoms. The zero-order chi connectivity index (χ0) is 13.0. The number of nitrogens with zero attached hydrogens (tertiary/aromatic N) is 1. The number of amides is 1. The van der Waals surface area contributed by atoms with E-state index in [9.17, 15) is 4.79 Å². The van der Waals surface area contributed by atoms with Crippen molar-refractivity contribution in [2.45, 2.75) is 12.0 Å². The Morgan fingerprint density at radius 2 is 2.56 bits per heavy atom. The standard InChI is InChI=1S/C12H15ClN2O3/c1-17-12(3-5-18-8-12)7-15-11(16)10-6-9(13)2-4-14-10/h2,4,6H,3,5,7-8H2,1H3,(H,15,16). The molecule has 0 saturated carbocycles. The molecule has 2 rings (SSSR count). The molecule has 0 aliphatic carbocycles. The van der Waals surface area contributed by atoms with Crippen LogP contribution in [0.4, 0.5) is 0 Å². The third kappa shape index (κ3) is 2.98. The number of hydrogen-bond donors (Lipinski definition) is 1.